The van der Waals surface area contributed by atoms with E-state index in [9.17, 15) is 4.79 Å². The third-order valence-electron chi connectivity index (χ3n) is 1.89. The Balaban J connectivity index is 2.19. The van der Waals surface area contributed by atoms with Crippen molar-refractivity contribution in [3.8, 4) is 11.5 Å². The first kappa shape index (κ1) is 9.45. The van der Waals surface area contributed by atoms with Crippen molar-refractivity contribution < 1.29 is 18.9 Å². The highest BCUT2D eigenvalue weighted by atomic mass is 16.6. The van der Waals surface area contributed by atoms with Crippen molar-refractivity contribution in [2.24, 2.45) is 0 Å². The van der Waals surface area contributed by atoms with E-state index in [1.807, 2.05) is 0 Å². The summed E-state index contributed by atoms with van der Waals surface area (Å²) in [7, 11) is 0. The molecular formula is C9H8N2O4. The number of aromatic nitrogens is 2. The van der Waals surface area contributed by atoms with Crippen molar-refractivity contribution in [2.75, 3.05) is 0 Å². The molecule has 0 saturated carbocycles. The molecule has 0 amide bonds. The fraction of sp³-hybridized carbons (Fsp3) is 0.222. The maximum absolute atomic E-state index is 10.4. The third-order valence-corrected chi connectivity index (χ3v) is 1.89. The lowest BCUT2D eigenvalue weighted by atomic mass is 10.2. The summed E-state index contributed by atoms with van der Waals surface area (Å²) in [5.74, 6) is -0.361. The van der Waals surface area contributed by atoms with Crippen LogP contribution in [0.15, 0.2) is 27.4 Å². The fourth-order valence-corrected chi connectivity index (χ4v) is 1.20. The summed E-state index contributed by atoms with van der Waals surface area (Å²) < 4.78 is 9.66. The molecule has 0 aliphatic carbocycles. The molecule has 0 aromatic carbocycles. The Morgan fingerprint density at radius 2 is 2.33 bits per heavy atom. The van der Waals surface area contributed by atoms with E-state index in [0.29, 0.717) is 17.1 Å². The molecule has 0 fully saturated rings. The number of hydrogen-bond donors (Lipinski definition) is 1. The second-order valence-electron chi connectivity index (χ2n) is 2.93. The first-order valence-corrected chi connectivity index (χ1v) is 4.34. The summed E-state index contributed by atoms with van der Waals surface area (Å²) in [4.78, 5) is 10.4. The molecule has 2 heterocycles. The van der Waals surface area contributed by atoms with E-state index in [-0.39, 0.29) is 12.8 Å². The number of aliphatic carboxylic acids is 1. The van der Waals surface area contributed by atoms with Crippen LogP contribution in [-0.4, -0.2) is 21.4 Å². The van der Waals surface area contributed by atoms with Crippen molar-refractivity contribution in [1.29, 1.82) is 0 Å². The summed E-state index contributed by atoms with van der Waals surface area (Å²) in [6, 6.07) is 3.43. The first-order valence-electron chi connectivity index (χ1n) is 4.34. The van der Waals surface area contributed by atoms with Gasteiger partial charge >= 0.3 is 5.97 Å². The van der Waals surface area contributed by atoms with Crippen LogP contribution < -0.4 is 0 Å². The zero-order chi connectivity index (χ0) is 10.7. The number of carbonyl (C=O) groups is 1. The molecule has 0 saturated heterocycles. The number of carboxylic acid groups (broad SMARTS) is 1. The summed E-state index contributed by atoms with van der Waals surface area (Å²) >= 11 is 0. The Labute approximate surface area is 84.5 Å². The average Bonchev–Trinajstić information content (AvgIpc) is 2.85. The van der Waals surface area contributed by atoms with Gasteiger partial charge in [0.05, 0.1) is 12.7 Å². The number of furan rings is 1. The molecule has 0 spiro atoms. The Morgan fingerprint density at radius 3 is 3.00 bits per heavy atom. The van der Waals surface area contributed by atoms with Gasteiger partial charge in [-0.25, -0.2) is 4.63 Å². The Hall–Kier alpha value is -2.11. The lowest BCUT2D eigenvalue weighted by Gasteiger charge is -1.93. The predicted molar refractivity (Wildman–Crippen MR) is 48.0 cm³/mol. The minimum Gasteiger partial charge on any atom is -0.481 e. The van der Waals surface area contributed by atoms with Crippen LogP contribution in [0.3, 0.4) is 0 Å². The highest BCUT2D eigenvalue weighted by molar-refractivity contribution is 5.67. The molecule has 0 radical (unpaired) electrons. The van der Waals surface area contributed by atoms with Crippen LogP contribution in [0.4, 0.5) is 0 Å². The number of hydrogen-bond acceptors (Lipinski definition) is 5. The van der Waals surface area contributed by atoms with E-state index in [1.54, 1.807) is 12.1 Å². The molecule has 15 heavy (non-hydrogen) atoms. The molecule has 0 unspecified atom stereocenters. The molecule has 6 nitrogen and oxygen atoms in total. The SMILES string of the molecule is O=C(O)CCc1nonc1-c1ccco1. The highest BCUT2D eigenvalue weighted by Crippen LogP contribution is 2.21. The van der Waals surface area contributed by atoms with E-state index in [0.717, 1.165) is 0 Å². The molecule has 0 bridgehead atoms. The predicted octanol–water partition coefficient (Wildman–Crippen LogP) is 1.35. The van der Waals surface area contributed by atoms with Gasteiger partial charge in [0.1, 0.15) is 5.69 Å². The van der Waals surface area contributed by atoms with Crippen LogP contribution in [0.25, 0.3) is 11.5 Å². The summed E-state index contributed by atoms with van der Waals surface area (Å²) in [5, 5.41) is 15.8. The van der Waals surface area contributed by atoms with Gasteiger partial charge in [0.25, 0.3) is 0 Å². The van der Waals surface area contributed by atoms with Gasteiger partial charge in [0.15, 0.2) is 11.5 Å². The number of nitrogens with zero attached hydrogens (tertiary/aromatic N) is 2. The maximum atomic E-state index is 10.4. The van der Waals surface area contributed by atoms with Gasteiger partial charge in [-0.05, 0) is 17.3 Å². The fourth-order valence-electron chi connectivity index (χ4n) is 1.20. The molecule has 0 aliphatic heterocycles. The molecule has 2 rings (SSSR count). The molecule has 0 atom stereocenters. The van der Waals surface area contributed by atoms with E-state index in [2.05, 4.69) is 14.9 Å². The lowest BCUT2D eigenvalue weighted by molar-refractivity contribution is -0.136. The van der Waals surface area contributed by atoms with E-state index >= 15 is 0 Å². The molecule has 1 N–H and O–H groups in total. The van der Waals surface area contributed by atoms with Crippen LogP contribution in [0.1, 0.15) is 12.1 Å². The maximum Gasteiger partial charge on any atom is 0.303 e. The summed E-state index contributed by atoms with van der Waals surface area (Å²) in [5.41, 5.74) is 0.952. The van der Waals surface area contributed by atoms with Crippen LogP contribution in [0, 0.1) is 0 Å². The molecule has 6 heteroatoms. The largest absolute Gasteiger partial charge is 0.481 e. The van der Waals surface area contributed by atoms with E-state index in [4.69, 9.17) is 9.52 Å². The van der Waals surface area contributed by atoms with E-state index < -0.39 is 5.97 Å². The third kappa shape index (κ3) is 2.04. The standard InChI is InChI=1S/C9H8N2O4/c12-8(13)4-3-6-9(11-15-10-6)7-2-1-5-14-7/h1-2,5H,3-4H2,(H,12,13). The Bertz CT molecular complexity index is 446. The first-order chi connectivity index (χ1) is 7.27. The van der Waals surface area contributed by atoms with Gasteiger partial charge in [-0.3, -0.25) is 4.79 Å². The normalized spacial score (nSPS) is 10.4. The monoisotopic (exact) mass is 208 g/mol. The number of rotatable bonds is 4. The minimum atomic E-state index is -0.886. The van der Waals surface area contributed by atoms with Crippen LogP contribution in [0.2, 0.25) is 0 Å². The summed E-state index contributed by atoms with van der Waals surface area (Å²) in [6.07, 6.45) is 1.77. The van der Waals surface area contributed by atoms with Crippen molar-refractivity contribution in [3.63, 3.8) is 0 Å². The zero-order valence-corrected chi connectivity index (χ0v) is 7.71. The minimum absolute atomic E-state index is 0.0120. The van der Waals surface area contributed by atoms with Gasteiger partial charge in [-0.2, -0.15) is 0 Å². The summed E-state index contributed by atoms with van der Waals surface area (Å²) in [6.45, 7) is 0. The molecule has 78 valence electrons. The van der Waals surface area contributed by atoms with Crippen LogP contribution in [0.5, 0.6) is 0 Å². The van der Waals surface area contributed by atoms with E-state index in [1.165, 1.54) is 6.26 Å². The van der Waals surface area contributed by atoms with Crippen LogP contribution in [-0.2, 0) is 11.2 Å². The van der Waals surface area contributed by atoms with Crippen LogP contribution >= 0.6 is 0 Å². The topological polar surface area (TPSA) is 89.4 Å². The number of carboxylic acids is 1. The van der Waals surface area contributed by atoms with Gasteiger partial charge in [0.2, 0.25) is 0 Å². The number of aryl methyl sites for hydroxylation is 1. The van der Waals surface area contributed by atoms with Gasteiger partial charge in [-0.1, -0.05) is 5.16 Å². The molecule has 2 aromatic heterocycles. The van der Waals surface area contributed by atoms with Gasteiger partial charge < -0.3 is 9.52 Å². The Morgan fingerprint density at radius 1 is 1.47 bits per heavy atom. The quantitative estimate of drug-likeness (QED) is 0.815. The zero-order valence-electron chi connectivity index (χ0n) is 7.71. The van der Waals surface area contributed by atoms with Crippen molar-refractivity contribution in [2.45, 2.75) is 12.8 Å². The van der Waals surface area contributed by atoms with Crippen molar-refractivity contribution in [3.05, 3.63) is 24.1 Å². The second-order valence-corrected chi connectivity index (χ2v) is 2.93. The van der Waals surface area contributed by atoms with Crippen molar-refractivity contribution >= 4 is 5.97 Å². The highest BCUT2D eigenvalue weighted by Gasteiger charge is 2.15. The average molecular weight is 208 g/mol. The smallest absolute Gasteiger partial charge is 0.303 e. The van der Waals surface area contributed by atoms with Gasteiger partial charge in [0, 0.05) is 6.42 Å². The molecule has 2 aromatic rings. The molecular weight excluding hydrogens is 200 g/mol. The van der Waals surface area contributed by atoms with Gasteiger partial charge in [-0.15, -0.1) is 0 Å². The second kappa shape index (κ2) is 3.95. The van der Waals surface area contributed by atoms with Crippen molar-refractivity contribution in [1.82, 2.24) is 10.3 Å². The lowest BCUT2D eigenvalue weighted by Crippen LogP contribution is -1.98. The molecule has 0 aliphatic rings. The Kier molecular flexibility index (Phi) is 2.49.